The van der Waals surface area contributed by atoms with Gasteiger partial charge in [-0.05, 0) is 36.4 Å². The molecule has 0 aliphatic heterocycles. The van der Waals surface area contributed by atoms with Gasteiger partial charge in [0.1, 0.15) is 16.8 Å². The normalized spacial score (nSPS) is 13.4. The third kappa shape index (κ3) is 2.30. The number of rotatable bonds is 4. The molecule has 0 spiro atoms. The van der Waals surface area contributed by atoms with Gasteiger partial charge in [0.25, 0.3) is 0 Å². The van der Waals surface area contributed by atoms with Crippen molar-refractivity contribution < 1.29 is 17.2 Å². The molecule has 2 aromatic rings. The Balaban J connectivity index is 2.44. The highest BCUT2D eigenvalue weighted by atomic mass is 32.2. The van der Waals surface area contributed by atoms with Gasteiger partial charge in [-0.25, -0.2) is 12.8 Å². The summed E-state index contributed by atoms with van der Waals surface area (Å²) in [5.41, 5.74) is 5.50. The second-order valence-corrected chi connectivity index (χ2v) is 5.87. The molecule has 2 rings (SSSR count). The van der Waals surface area contributed by atoms with Crippen LogP contribution >= 0.6 is 0 Å². The van der Waals surface area contributed by atoms with Crippen molar-refractivity contribution in [2.45, 2.75) is 10.1 Å². The molecule has 6 heteroatoms. The lowest BCUT2D eigenvalue weighted by Crippen LogP contribution is -2.21. The molecule has 0 radical (unpaired) electrons. The van der Waals surface area contributed by atoms with Crippen molar-refractivity contribution in [2.24, 2.45) is 5.73 Å². The van der Waals surface area contributed by atoms with Crippen LogP contribution in [0.1, 0.15) is 11.0 Å². The van der Waals surface area contributed by atoms with E-state index in [1.807, 2.05) is 0 Å². The van der Waals surface area contributed by atoms with Gasteiger partial charge in [0.2, 0.25) is 0 Å². The zero-order valence-corrected chi connectivity index (χ0v) is 10.2. The van der Waals surface area contributed by atoms with E-state index in [1.165, 1.54) is 18.4 Å². The zero-order valence-electron chi connectivity index (χ0n) is 9.41. The van der Waals surface area contributed by atoms with Crippen molar-refractivity contribution in [1.29, 1.82) is 0 Å². The molecule has 0 bridgehead atoms. The van der Waals surface area contributed by atoms with Crippen molar-refractivity contribution in [3.05, 3.63) is 54.2 Å². The third-order valence-corrected chi connectivity index (χ3v) is 4.69. The minimum Gasteiger partial charge on any atom is -0.468 e. The Morgan fingerprint density at radius 3 is 2.39 bits per heavy atom. The van der Waals surface area contributed by atoms with Gasteiger partial charge in [-0.2, -0.15) is 0 Å². The maximum absolute atomic E-state index is 12.8. The summed E-state index contributed by atoms with van der Waals surface area (Å²) >= 11 is 0. The molecule has 4 nitrogen and oxygen atoms in total. The number of hydrogen-bond donors (Lipinski definition) is 1. The molecule has 0 amide bonds. The van der Waals surface area contributed by atoms with Gasteiger partial charge < -0.3 is 10.2 Å². The second-order valence-electron chi connectivity index (χ2n) is 3.74. The van der Waals surface area contributed by atoms with E-state index in [0.29, 0.717) is 0 Å². The van der Waals surface area contributed by atoms with E-state index in [4.69, 9.17) is 10.2 Å². The topological polar surface area (TPSA) is 73.3 Å². The van der Waals surface area contributed by atoms with Crippen LogP contribution in [0.2, 0.25) is 0 Å². The van der Waals surface area contributed by atoms with E-state index in [0.717, 1.165) is 12.1 Å². The smallest absolute Gasteiger partial charge is 0.189 e. The fourth-order valence-electron chi connectivity index (χ4n) is 1.66. The third-order valence-electron chi connectivity index (χ3n) is 2.59. The predicted molar refractivity (Wildman–Crippen MR) is 64.1 cm³/mol. The molecule has 0 unspecified atom stereocenters. The van der Waals surface area contributed by atoms with Crippen LogP contribution in [0, 0.1) is 5.82 Å². The highest BCUT2D eigenvalue weighted by Gasteiger charge is 2.30. The van der Waals surface area contributed by atoms with E-state index in [1.54, 1.807) is 12.1 Å². The molecular weight excluding hydrogens is 257 g/mol. The van der Waals surface area contributed by atoms with E-state index < -0.39 is 20.9 Å². The number of hydrogen-bond acceptors (Lipinski definition) is 4. The summed E-state index contributed by atoms with van der Waals surface area (Å²) in [5.74, 6) is -0.210. The first-order valence-electron chi connectivity index (χ1n) is 5.28. The van der Waals surface area contributed by atoms with E-state index in [-0.39, 0.29) is 17.2 Å². The molecule has 1 atom stereocenters. The van der Waals surface area contributed by atoms with Crippen LogP contribution in [-0.4, -0.2) is 15.0 Å². The van der Waals surface area contributed by atoms with E-state index >= 15 is 0 Å². The number of benzene rings is 1. The Bertz CT molecular complexity index is 605. The molecule has 0 fully saturated rings. The first-order valence-corrected chi connectivity index (χ1v) is 6.83. The van der Waals surface area contributed by atoms with Gasteiger partial charge in [-0.15, -0.1) is 0 Å². The van der Waals surface area contributed by atoms with Crippen LogP contribution in [0.5, 0.6) is 0 Å². The summed E-state index contributed by atoms with van der Waals surface area (Å²) in [5, 5.41) is -0.960. The number of sulfone groups is 1. The molecule has 18 heavy (non-hydrogen) atoms. The van der Waals surface area contributed by atoms with Crippen LogP contribution in [0.25, 0.3) is 0 Å². The summed E-state index contributed by atoms with van der Waals surface area (Å²) in [6, 6.07) is 7.79. The summed E-state index contributed by atoms with van der Waals surface area (Å²) in [7, 11) is -3.68. The molecule has 1 aromatic heterocycles. The lowest BCUT2D eigenvalue weighted by Gasteiger charge is -2.13. The number of halogens is 1. The minimum atomic E-state index is -3.68. The standard InChI is InChI=1S/C12H12FNO3S/c13-9-3-5-10(6-4-9)18(15,16)12(8-14)11-2-1-7-17-11/h1-7,12H,8,14H2/t12-/m0/s1. The van der Waals surface area contributed by atoms with Crippen molar-refractivity contribution in [3.8, 4) is 0 Å². The van der Waals surface area contributed by atoms with Gasteiger partial charge in [0, 0.05) is 6.54 Å². The Kier molecular flexibility index (Phi) is 3.49. The SMILES string of the molecule is NC[C@@H](c1ccco1)S(=O)(=O)c1ccc(F)cc1. The van der Waals surface area contributed by atoms with Gasteiger partial charge in [0.15, 0.2) is 9.84 Å². The van der Waals surface area contributed by atoms with Gasteiger partial charge in [-0.1, -0.05) is 0 Å². The molecule has 1 aromatic carbocycles. The number of furan rings is 1. The lowest BCUT2D eigenvalue weighted by molar-refractivity contribution is 0.492. The molecule has 0 saturated heterocycles. The van der Waals surface area contributed by atoms with Crippen molar-refractivity contribution >= 4 is 9.84 Å². The minimum absolute atomic E-state index is 0.0238. The largest absolute Gasteiger partial charge is 0.468 e. The Hall–Kier alpha value is -1.66. The van der Waals surface area contributed by atoms with E-state index in [2.05, 4.69) is 0 Å². The fourth-order valence-corrected chi connectivity index (χ4v) is 3.20. The van der Waals surface area contributed by atoms with Crippen molar-refractivity contribution in [3.63, 3.8) is 0 Å². The first kappa shape index (κ1) is 12.8. The van der Waals surface area contributed by atoms with Crippen LogP contribution in [0.4, 0.5) is 4.39 Å². The molecule has 0 aliphatic rings. The molecular formula is C12H12FNO3S. The van der Waals surface area contributed by atoms with Gasteiger partial charge >= 0.3 is 0 Å². The predicted octanol–water partition coefficient (Wildman–Crippen LogP) is 1.89. The summed E-state index contributed by atoms with van der Waals surface area (Å²) in [6.07, 6.45) is 1.39. The molecule has 1 heterocycles. The molecule has 0 saturated carbocycles. The maximum atomic E-state index is 12.8. The van der Waals surface area contributed by atoms with Crippen molar-refractivity contribution in [1.82, 2.24) is 0 Å². The molecule has 0 aliphatic carbocycles. The average molecular weight is 269 g/mol. The summed E-state index contributed by atoms with van der Waals surface area (Å²) < 4.78 is 42.5. The quantitative estimate of drug-likeness (QED) is 0.860. The Morgan fingerprint density at radius 1 is 1.22 bits per heavy atom. The molecule has 2 N–H and O–H groups in total. The van der Waals surface area contributed by atoms with Crippen LogP contribution < -0.4 is 5.73 Å². The number of nitrogens with two attached hydrogens (primary N) is 1. The zero-order chi connectivity index (χ0) is 13.2. The van der Waals surface area contributed by atoms with Crippen LogP contribution in [0.3, 0.4) is 0 Å². The van der Waals surface area contributed by atoms with Crippen LogP contribution in [-0.2, 0) is 9.84 Å². The first-order chi connectivity index (χ1) is 8.55. The second kappa shape index (κ2) is 4.91. The van der Waals surface area contributed by atoms with Gasteiger partial charge in [0.05, 0.1) is 11.2 Å². The average Bonchev–Trinajstić information content (AvgIpc) is 2.84. The fraction of sp³-hybridized carbons (Fsp3) is 0.167. The lowest BCUT2D eigenvalue weighted by atomic mass is 10.3. The Morgan fingerprint density at radius 2 is 1.89 bits per heavy atom. The summed E-state index contributed by atoms with van der Waals surface area (Å²) in [4.78, 5) is 0.0238. The van der Waals surface area contributed by atoms with Gasteiger partial charge in [-0.3, -0.25) is 0 Å². The van der Waals surface area contributed by atoms with Crippen LogP contribution in [0.15, 0.2) is 52.0 Å². The highest BCUT2D eigenvalue weighted by molar-refractivity contribution is 7.91. The van der Waals surface area contributed by atoms with E-state index in [9.17, 15) is 12.8 Å². The maximum Gasteiger partial charge on any atom is 0.189 e. The Labute approximate surface area is 104 Å². The molecule has 96 valence electrons. The highest BCUT2D eigenvalue weighted by Crippen LogP contribution is 2.28. The summed E-state index contributed by atoms with van der Waals surface area (Å²) in [6.45, 7) is -0.104. The monoisotopic (exact) mass is 269 g/mol. The van der Waals surface area contributed by atoms with Crippen molar-refractivity contribution in [2.75, 3.05) is 6.54 Å².